The Morgan fingerprint density at radius 1 is 1.16 bits per heavy atom. The molecular weight excluding hydrogens is 586 g/mol. The zero-order valence-corrected chi connectivity index (χ0v) is 26.4. The van der Waals surface area contributed by atoms with Crippen LogP contribution in [0.1, 0.15) is 48.8 Å². The number of hydrogen-bond donors (Lipinski definition) is 1. The van der Waals surface area contributed by atoms with Crippen molar-refractivity contribution in [1.82, 2.24) is 9.88 Å². The molecule has 6 rings (SSSR count). The molecule has 3 atom stereocenters. The van der Waals surface area contributed by atoms with Gasteiger partial charge in [0.2, 0.25) is 0 Å². The molecule has 1 aromatic heterocycles. The normalized spacial score (nSPS) is 23.5. The Kier molecular flexibility index (Phi) is 9.54. The third-order valence-electron chi connectivity index (χ3n) is 9.19. The van der Waals surface area contributed by atoms with Gasteiger partial charge in [0.1, 0.15) is 12.4 Å². The predicted octanol–water partition coefficient (Wildman–Crippen LogP) is 6.11. The molecule has 43 heavy (non-hydrogen) atoms. The second-order valence-electron chi connectivity index (χ2n) is 11.9. The van der Waals surface area contributed by atoms with Gasteiger partial charge in [0, 0.05) is 63.5 Å². The van der Waals surface area contributed by atoms with Gasteiger partial charge in [-0.25, -0.2) is 4.98 Å². The fourth-order valence-electron chi connectivity index (χ4n) is 6.79. The number of hydrogen-bond acceptors (Lipinski definition) is 8. The molecule has 3 aliphatic heterocycles. The van der Waals surface area contributed by atoms with Crippen molar-refractivity contribution in [2.24, 2.45) is 5.92 Å². The number of aromatic nitrogens is 1. The summed E-state index contributed by atoms with van der Waals surface area (Å²) in [5, 5.41) is 12.9. The first-order chi connectivity index (χ1) is 20.9. The Balaban J connectivity index is 1.15. The zero-order chi connectivity index (χ0) is 29.9. The maximum Gasteiger partial charge on any atom is 0.309 e. The lowest BCUT2D eigenvalue weighted by Crippen LogP contribution is -2.47. The number of para-hydroxylation sites is 1. The molecule has 8 nitrogen and oxygen atoms in total. The maximum absolute atomic E-state index is 11.6. The van der Waals surface area contributed by atoms with Crippen LogP contribution in [0.15, 0.2) is 41.8 Å². The van der Waals surface area contributed by atoms with E-state index in [4.69, 9.17) is 30.8 Å². The van der Waals surface area contributed by atoms with Crippen molar-refractivity contribution in [3.63, 3.8) is 0 Å². The van der Waals surface area contributed by atoms with Gasteiger partial charge in [-0.15, -0.1) is 11.3 Å². The standard InChI is InChI=1S/C33H40ClN3O5S/c1-21-17-36(24-10-14-41-15-11-24)12-8-23-16-22(6-7-25(21)23)19-42-31-26(4-3-5-28(31)34)29-20-43-33(35-29)37-13-9-27(32(38)39)30(18-37)40-2/h3-7,16,20-21,24,27,30H,8-15,17-19H2,1-2H3,(H,38,39)/t21-,27-,30+/m1/s1. The van der Waals surface area contributed by atoms with Crippen LogP contribution in [0.25, 0.3) is 11.3 Å². The quantitative estimate of drug-likeness (QED) is 0.321. The summed E-state index contributed by atoms with van der Waals surface area (Å²) in [5.74, 6) is -0.212. The number of rotatable bonds is 8. The number of carboxylic acids is 1. The summed E-state index contributed by atoms with van der Waals surface area (Å²) < 4.78 is 17.5. The number of thiazole rings is 1. The van der Waals surface area contributed by atoms with Crippen LogP contribution in [0.2, 0.25) is 5.02 Å². The van der Waals surface area contributed by atoms with Gasteiger partial charge in [-0.3, -0.25) is 9.69 Å². The summed E-state index contributed by atoms with van der Waals surface area (Å²) in [5.41, 5.74) is 5.61. The van der Waals surface area contributed by atoms with E-state index < -0.39 is 11.9 Å². The highest BCUT2D eigenvalue weighted by molar-refractivity contribution is 7.14. The number of ether oxygens (including phenoxy) is 3. The molecule has 0 saturated carbocycles. The minimum Gasteiger partial charge on any atom is -0.487 e. The van der Waals surface area contributed by atoms with Gasteiger partial charge in [0.15, 0.2) is 5.13 Å². The highest BCUT2D eigenvalue weighted by atomic mass is 35.5. The monoisotopic (exact) mass is 625 g/mol. The first-order valence-electron chi connectivity index (χ1n) is 15.2. The van der Waals surface area contributed by atoms with Gasteiger partial charge in [-0.1, -0.05) is 42.8 Å². The zero-order valence-electron chi connectivity index (χ0n) is 24.8. The van der Waals surface area contributed by atoms with Gasteiger partial charge in [0.05, 0.1) is 22.7 Å². The minimum absolute atomic E-state index is 0.377. The lowest BCUT2D eigenvalue weighted by Gasteiger charge is -2.35. The molecule has 0 amide bonds. The van der Waals surface area contributed by atoms with Crippen molar-refractivity contribution >= 4 is 34.0 Å². The number of methoxy groups -OCH3 is 1. The molecular formula is C33H40ClN3O5S. The summed E-state index contributed by atoms with van der Waals surface area (Å²) in [4.78, 5) is 21.3. The van der Waals surface area contributed by atoms with Crippen LogP contribution in [0.5, 0.6) is 5.75 Å². The number of benzene rings is 2. The fourth-order valence-corrected chi connectivity index (χ4v) is 7.88. The number of halogens is 1. The van der Waals surface area contributed by atoms with E-state index in [-0.39, 0.29) is 6.10 Å². The Morgan fingerprint density at radius 3 is 2.79 bits per heavy atom. The molecule has 0 radical (unpaired) electrons. The van der Waals surface area contributed by atoms with E-state index in [1.54, 1.807) is 7.11 Å². The fraction of sp³-hybridized carbons (Fsp3) is 0.515. The van der Waals surface area contributed by atoms with Crippen LogP contribution in [-0.2, 0) is 27.3 Å². The molecule has 3 aromatic rings. The predicted molar refractivity (Wildman–Crippen MR) is 170 cm³/mol. The third kappa shape index (κ3) is 6.71. The van der Waals surface area contributed by atoms with Crippen LogP contribution >= 0.6 is 22.9 Å². The minimum atomic E-state index is -0.812. The number of carbonyl (C=O) groups is 1. The van der Waals surface area contributed by atoms with Crippen LogP contribution in [0.4, 0.5) is 5.13 Å². The van der Waals surface area contributed by atoms with E-state index in [0.29, 0.717) is 48.8 Å². The van der Waals surface area contributed by atoms with Crippen molar-refractivity contribution in [2.45, 2.75) is 57.3 Å². The number of piperidine rings is 1. The van der Waals surface area contributed by atoms with Crippen LogP contribution in [0, 0.1) is 5.92 Å². The SMILES string of the molecule is CO[C@H]1CN(c2nc(-c3cccc(Cl)c3OCc3ccc4c(c3)CCN(C3CCOCC3)C[C@H]4C)cs2)CC[C@H]1C(=O)O. The topological polar surface area (TPSA) is 84.4 Å². The number of anilines is 1. The third-order valence-corrected chi connectivity index (χ3v) is 10.4. The molecule has 0 spiro atoms. The largest absolute Gasteiger partial charge is 0.487 e. The summed E-state index contributed by atoms with van der Waals surface area (Å²) in [6.45, 7) is 7.77. The second-order valence-corrected chi connectivity index (χ2v) is 13.1. The maximum atomic E-state index is 11.6. The molecule has 230 valence electrons. The molecule has 2 fully saturated rings. The molecule has 10 heteroatoms. The van der Waals surface area contributed by atoms with E-state index in [9.17, 15) is 9.90 Å². The number of fused-ring (bicyclic) bond motifs is 1. The molecule has 4 heterocycles. The lowest BCUT2D eigenvalue weighted by atomic mass is 9.93. The Bertz CT molecular complexity index is 1430. The first-order valence-corrected chi connectivity index (χ1v) is 16.5. The summed E-state index contributed by atoms with van der Waals surface area (Å²) in [6, 6.07) is 13.1. The van der Waals surface area contributed by atoms with Crippen LogP contribution < -0.4 is 9.64 Å². The highest BCUT2D eigenvalue weighted by Crippen LogP contribution is 2.39. The Labute approximate surface area is 262 Å². The van der Waals surface area contributed by atoms with Gasteiger partial charge in [0.25, 0.3) is 0 Å². The van der Waals surface area contributed by atoms with Crippen LogP contribution in [0.3, 0.4) is 0 Å². The van der Waals surface area contributed by atoms with E-state index in [1.807, 2.05) is 23.6 Å². The Morgan fingerprint density at radius 2 is 2.00 bits per heavy atom. The molecule has 2 aromatic carbocycles. The van der Waals surface area contributed by atoms with Crippen molar-refractivity contribution in [3.05, 3.63) is 63.5 Å². The molecule has 1 N–H and O–H groups in total. The molecule has 2 saturated heterocycles. The molecule has 0 unspecified atom stereocenters. The van der Waals surface area contributed by atoms with E-state index in [1.165, 1.54) is 22.5 Å². The molecule has 0 bridgehead atoms. The number of aliphatic carboxylic acids is 1. The average Bonchev–Trinajstić information content (AvgIpc) is 3.46. The Hall–Kier alpha value is -2.69. The summed E-state index contributed by atoms with van der Waals surface area (Å²) in [6.07, 6.45) is 3.43. The van der Waals surface area contributed by atoms with Gasteiger partial charge in [-0.05, 0) is 60.4 Å². The van der Waals surface area contributed by atoms with Gasteiger partial charge in [-0.2, -0.15) is 0 Å². The first kappa shape index (κ1) is 30.3. The van der Waals surface area contributed by atoms with E-state index in [0.717, 1.165) is 67.5 Å². The summed E-state index contributed by atoms with van der Waals surface area (Å²) >= 11 is 8.22. The number of nitrogens with zero attached hydrogens (tertiary/aromatic N) is 3. The number of carboxylic acid groups (broad SMARTS) is 1. The van der Waals surface area contributed by atoms with E-state index in [2.05, 4.69) is 34.9 Å². The van der Waals surface area contributed by atoms with Crippen molar-refractivity contribution in [1.29, 1.82) is 0 Å². The lowest BCUT2D eigenvalue weighted by molar-refractivity contribution is -0.147. The van der Waals surface area contributed by atoms with E-state index >= 15 is 0 Å². The second kappa shape index (κ2) is 13.5. The smallest absolute Gasteiger partial charge is 0.309 e. The van der Waals surface area contributed by atoms with Crippen molar-refractivity contribution in [2.75, 3.05) is 51.4 Å². The van der Waals surface area contributed by atoms with Gasteiger partial charge >= 0.3 is 5.97 Å². The van der Waals surface area contributed by atoms with Crippen molar-refractivity contribution in [3.8, 4) is 17.0 Å². The highest BCUT2D eigenvalue weighted by Gasteiger charge is 2.35. The molecule has 0 aliphatic carbocycles. The van der Waals surface area contributed by atoms with Gasteiger partial charge < -0.3 is 24.2 Å². The average molecular weight is 626 g/mol. The van der Waals surface area contributed by atoms with Crippen LogP contribution in [-0.4, -0.2) is 79.6 Å². The summed E-state index contributed by atoms with van der Waals surface area (Å²) in [7, 11) is 1.57. The van der Waals surface area contributed by atoms with Crippen molar-refractivity contribution < 1.29 is 24.1 Å². The molecule has 3 aliphatic rings.